The third kappa shape index (κ3) is 4.59. The number of hydrogen-bond acceptors (Lipinski definition) is 3. The van der Waals surface area contributed by atoms with Crippen molar-refractivity contribution >= 4 is 17.4 Å². The molecule has 0 aliphatic heterocycles. The second-order valence-electron chi connectivity index (χ2n) is 6.81. The molecule has 0 aliphatic rings. The first kappa shape index (κ1) is 19.0. The maximum Gasteiger partial charge on any atom is 0.225 e. The van der Waals surface area contributed by atoms with Crippen LogP contribution in [0, 0.1) is 0 Å². The lowest BCUT2D eigenvalue weighted by molar-refractivity contribution is -0.116. The van der Waals surface area contributed by atoms with Crippen LogP contribution < -0.4 is 10.2 Å². The summed E-state index contributed by atoms with van der Waals surface area (Å²) < 4.78 is 0. The Hall–Kier alpha value is -2.36. The number of nitrogens with one attached hydrogen (secondary N) is 1. The molecule has 2 rings (SSSR count). The second kappa shape index (κ2) is 8.65. The Labute approximate surface area is 151 Å². The smallest absolute Gasteiger partial charge is 0.225 e. The van der Waals surface area contributed by atoms with Crippen LogP contribution in [0.4, 0.5) is 11.5 Å². The molecule has 1 amide bonds. The van der Waals surface area contributed by atoms with Crippen LogP contribution in [0.15, 0.2) is 42.6 Å². The van der Waals surface area contributed by atoms with Crippen molar-refractivity contribution in [3.05, 3.63) is 42.6 Å². The number of carbonyl (C=O) groups is 1. The molecule has 0 saturated heterocycles. The lowest BCUT2D eigenvalue weighted by Crippen LogP contribution is -2.37. The van der Waals surface area contributed by atoms with Crippen LogP contribution in [0.1, 0.15) is 47.5 Å². The summed E-state index contributed by atoms with van der Waals surface area (Å²) in [6, 6.07) is 12.9. The van der Waals surface area contributed by atoms with Crippen molar-refractivity contribution in [2.75, 3.05) is 10.2 Å². The van der Waals surface area contributed by atoms with Gasteiger partial charge in [0.2, 0.25) is 5.91 Å². The van der Waals surface area contributed by atoms with Gasteiger partial charge in [-0.2, -0.15) is 0 Å². The van der Waals surface area contributed by atoms with Crippen LogP contribution in [0.5, 0.6) is 0 Å². The van der Waals surface area contributed by atoms with Gasteiger partial charge in [0.05, 0.1) is 5.69 Å². The maximum absolute atomic E-state index is 12.2. The molecule has 1 aromatic heterocycles. The molecule has 0 fully saturated rings. The molecule has 134 valence electrons. The fourth-order valence-electron chi connectivity index (χ4n) is 3.23. The van der Waals surface area contributed by atoms with Crippen molar-refractivity contribution in [3.8, 4) is 11.1 Å². The molecule has 1 N–H and O–H groups in total. The highest BCUT2D eigenvalue weighted by Crippen LogP contribution is 2.37. The molecule has 0 aliphatic carbocycles. The van der Waals surface area contributed by atoms with Gasteiger partial charge in [0, 0.05) is 30.3 Å². The van der Waals surface area contributed by atoms with Gasteiger partial charge >= 0.3 is 0 Å². The van der Waals surface area contributed by atoms with E-state index in [1.807, 2.05) is 31.2 Å². The predicted octanol–water partition coefficient (Wildman–Crippen LogP) is 5.11. The molecule has 4 nitrogen and oxygen atoms in total. The minimum absolute atomic E-state index is 0.00461. The van der Waals surface area contributed by atoms with Gasteiger partial charge in [0.15, 0.2) is 0 Å². The van der Waals surface area contributed by atoms with Gasteiger partial charge in [-0.15, -0.1) is 0 Å². The molecule has 0 radical (unpaired) electrons. The minimum atomic E-state index is 0.00461. The molecule has 4 heteroatoms. The fourth-order valence-corrected chi connectivity index (χ4v) is 3.23. The summed E-state index contributed by atoms with van der Waals surface area (Å²) in [5.41, 5.74) is 3.14. The van der Waals surface area contributed by atoms with Crippen LogP contribution in [0.25, 0.3) is 11.1 Å². The lowest BCUT2D eigenvalue weighted by Gasteiger charge is -2.35. The summed E-state index contributed by atoms with van der Waals surface area (Å²) >= 11 is 0. The number of aromatic nitrogens is 1. The highest BCUT2D eigenvalue weighted by Gasteiger charge is 2.22. The average Bonchev–Trinajstić information content (AvgIpc) is 2.55. The van der Waals surface area contributed by atoms with E-state index in [4.69, 9.17) is 0 Å². The lowest BCUT2D eigenvalue weighted by atomic mass is 10.0. The highest BCUT2D eigenvalue weighted by atomic mass is 16.1. The van der Waals surface area contributed by atoms with E-state index in [0.717, 1.165) is 23.2 Å². The molecule has 2 aromatic rings. The van der Waals surface area contributed by atoms with Crippen molar-refractivity contribution in [2.45, 2.75) is 59.5 Å². The third-order valence-corrected chi connectivity index (χ3v) is 4.12. The quantitative estimate of drug-likeness (QED) is 0.762. The molecule has 1 aromatic carbocycles. The van der Waals surface area contributed by atoms with E-state index < -0.39 is 0 Å². The van der Waals surface area contributed by atoms with Crippen molar-refractivity contribution < 1.29 is 4.79 Å². The van der Waals surface area contributed by atoms with Gasteiger partial charge in [-0.1, -0.05) is 37.3 Å². The number of amides is 1. The van der Waals surface area contributed by atoms with Crippen molar-refractivity contribution in [2.24, 2.45) is 0 Å². The van der Waals surface area contributed by atoms with E-state index >= 15 is 0 Å². The number of carbonyl (C=O) groups excluding carboxylic acids is 1. The largest absolute Gasteiger partial charge is 0.366 e. The van der Waals surface area contributed by atoms with Gasteiger partial charge in [-0.05, 0) is 45.7 Å². The maximum atomic E-state index is 12.2. The summed E-state index contributed by atoms with van der Waals surface area (Å²) in [4.78, 5) is 19.0. The zero-order valence-electron chi connectivity index (χ0n) is 15.9. The van der Waals surface area contributed by atoms with Gasteiger partial charge in [0.1, 0.15) is 5.82 Å². The van der Waals surface area contributed by atoms with Crippen LogP contribution in [0.3, 0.4) is 0 Å². The summed E-state index contributed by atoms with van der Waals surface area (Å²) in [5.74, 6) is 0.637. The Bertz CT molecular complexity index is 688. The summed E-state index contributed by atoms with van der Waals surface area (Å²) in [6.45, 7) is 10.7. The van der Waals surface area contributed by atoms with Gasteiger partial charge in [-0.3, -0.25) is 4.79 Å². The number of hydrogen-bond donors (Lipinski definition) is 1. The average molecular weight is 339 g/mol. The van der Waals surface area contributed by atoms with Crippen molar-refractivity contribution in [1.29, 1.82) is 0 Å². The van der Waals surface area contributed by atoms with Crippen molar-refractivity contribution in [1.82, 2.24) is 4.98 Å². The monoisotopic (exact) mass is 339 g/mol. The Kier molecular flexibility index (Phi) is 6.57. The Morgan fingerprint density at radius 2 is 1.72 bits per heavy atom. The Morgan fingerprint density at radius 1 is 1.08 bits per heavy atom. The molecular weight excluding hydrogens is 310 g/mol. The molecule has 0 saturated carbocycles. The number of anilines is 2. The van der Waals surface area contributed by atoms with Crippen LogP contribution in [-0.2, 0) is 4.79 Å². The van der Waals surface area contributed by atoms with Gasteiger partial charge in [-0.25, -0.2) is 4.98 Å². The number of nitrogens with zero attached hydrogens (tertiary/aromatic N) is 2. The number of pyridine rings is 1. The third-order valence-electron chi connectivity index (χ3n) is 4.12. The molecule has 0 bridgehead atoms. The first-order valence-corrected chi connectivity index (χ1v) is 9.08. The molecule has 25 heavy (non-hydrogen) atoms. The van der Waals surface area contributed by atoms with E-state index in [1.54, 1.807) is 6.20 Å². The normalized spacial score (nSPS) is 11.0. The van der Waals surface area contributed by atoms with Gasteiger partial charge < -0.3 is 10.2 Å². The van der Waals surface area contributed by atoms with E-state index in [0.29, 0.717) is 24.3 Å². The number of benzene rings is 1. The molecular formula is C21H29N3O. The zero-order valence-corrected chi connectivity index (χ0v) is 15.9. The minimum Gasteiger partial charge on any atom is -0.366 e. The molecule has 0 unspecified atom stereocenters. The first-order chi connectivity index (χ1) is 12.0. The van der Waals surface area contributed by atoms with Crippen LogP contribution in [-0.4, -0.2) is 23.0 Å². The number of rotatable bonds is 7. The standard InChI is InChI=1S/C21H29N3O/c1-6-10-19(25)23-21-20(17-11-8-7-9-12-17)18(13-14-22-21)24(15(2)3)16(4)5/h7-9,11-16H,6,10H2,1-5H3,(H,22,23,25). The topological polar surface area (TPSA) is 45.2 Å². The fraction of sp³-hybridized carbons (Fsp3) is 0.429. The first-order valence-electron chi connectivity index (χ1n) is 9.08. The van der Waals surface area contributed by atoms with Crippen LogP contribution >= 0.6 is 0 Å². The van der Waals surface area contributed by atoms with Gasteiger partial charge in [0.25, 0.3) is 0 Å². The molecule has 1 heterocycles. The van der Waals surface area contributed by atoms with E-state index in [-0.39, 0.29) is 5.91 Å². The Balaban J connectivity index is 2.61. The zero-order chi connectivity index (χ0) is 18.4. The summed E-state index contributed by atoms with van der Waals surface area (Å²) in [5, 5.41) is 3.01. The predicted molar refractivity (Wildman–Crippen MR) is 106 cm³/mol. The molecule has 0 spiro atoms. The molecule has 0 atom stereocenters. The van der Waals surface area contributed by atoms with Crippen LogP contribution in [0.2, 0.25) is 0 Å². The summed E-state index contributed by atoms with van der Waals surface area (Å²) in [6.07, 6.45) is 3.09. The second-order valence-corrected chi connectivity index (χ2v) is 6.81. The van der Waals surface area contributed by atoms with E-state index in [9.17, 15) is 4.79 Å². The van der Waals surface area contributed by atoms with Crippen molar-refractivity contribution in [3.63, 3.8) is 0 Å². The van der Waals surface area contributed by atoms with E-state index in [1.165, 1.54) is 0 Å². The summed E-state index contributed by atoms with van der Waals surface area (Å²) in [7, 11) is 0. The van der Waals surface area contributed by atoms with E-state index in [2.05, 4.69) is 55.0 Å². The SMILES string of the molecule is CCCC(=O)Nc1nccc(N(C(C)C)C(C)C)c1-c1ccccc1. The highest BCUT2D eigenvalue weighted by molar-refractivity contribution is 5.97. The Morgan fingerprint density at radius 3 is 2.28 bits per heavy atom.